The normalized spacial score (nSPS) is 11.0. The van der Waals surface area contributed by atoms with Crippen molar-refractivity contribution in [2.24, 2.45) is 16.9 Å². The van der Waals surface area contributed by atoms with Crippen LogP contribution in [0.4, 0.5) is 0 Å². The van der Waals surface area contributed by atoms with E-state index >= 15 is 0 Å². The lowest BCUT2D eigenvalue weighted by atomic mass is 9.74. The van der Waals surface area contributed by atoms with E-state index in [1.165, 1.54) is 0 Å². The summed E-state index contributed by atoms with van der Waals surface area (Å²) >= 11 is 0. The molecule has 2 aromatic rings. The van der Waals surface area contributed by atoms with Crippen LogP contribution in [0, 0.1) is 16.2 Å². The standard InChI is InChI=1S/C17H20N4/c18-15(19)17(16(20)21,11-13-7-3-1-4-8-13)12-14-9-5-2-6-10-14/h1-10H,11-12H2,(H3,18,19)(H3,20,21). The monoisotopic (exact) mass is 280 g/mol. The van der Waals surface area contributed by atoms with Crippen molar-refractivity contribution in [1.29, 1.82) is 10.8 Å². The Morgan fingerprint density at radius 3 is 1.33 bits per heavy atom. The van der Waals surface area contributed by atoms with Gasteiger partial charge in [0.25, 0.3) is 0 Å². The quantitative estimate of drug-likeness (QED) is 0.482. The molecule has 6 N–H and O–H groups in total. The number of hydrogen-bond donors (Lipinski definition) is 4. The summed E-state index contributed by atoms with van der Waals surface area (Å²) in [7, 11) is 0. The van der Waals surface area contributed by atoms with E-state index in [0.717, 1.165) is 11.1 Å². The second-order valence-corrected chi connectivity index (χ2v) is 5.23. The number of rotatable bonds is 6. The Labute approximate surface area is 124 Å². The number of nitrogens with two attached hydrogens (primary N) is 2. The van der Waals surface area contributed by atoms with Gasteiger partial charge in [-0.2, -0.15) is 0 Å². The van der Waals surface area contributed by atoms with E-state index in [-0.39, 0.29) is 11.7 Å². The van der Waals surface area contributed by atoms with Gasteiger partial charge in [-0.15, -0.1) is 0 Å². The Morgan fingerprint density at radius 1 is 0.714 bits per heavy atom. The third kappa shape index (κ3) is 3.28. The fourth-order valence-electron chi connectivity index (χ4n) is 2.48. The maximum atomic E-state index is 7.99. The Kier molecular flexibility index (Phi) is 4.38. The average molecular weight is 280 g/mol. The van der Waals surface area contributed by atoms with Crippen molar-refractivity contribution in [3.63, 3.8) is 0 Å². The van der Waals surface area contributed by atoms with Gasteiger partial charge in [0.2, 0.25) is 0 Å². The van der Waals surface area contributed by atoms with E-state index < -0.39 is 5.41 Å². The highest BCUT2D eigenvalue weighted by Crippen LogP contribution is 2.28. The second-order valence-electron chi connectivity index (χ2n) is 5.23. The second kappa shape index (κ2) is 6.22. The van der Waals surface area contributed by atoms with Gasteiger partial charge in [0.1, 0.15) is 11.7 Å². The molecule has 0 aliphatic heterocycles. The Balaban J connectivity index is 2.38. The summed E-state index contributed by atoms with van der Waals surface area (Å²) in [5.41, 5.74) is 12.7. The first-order chi connectivity index (χ1) is 10.0. The fourth-order valence-corrected chi connectivity index (χ4v) is 2.48. The Hall–Kier alpha value is -2.62. The van der Waals surface area contributed by atoms with E-state index in [2.05, 4.69) is 0 Å². The minimum absolute atomic E-state index is 0.0669. The van der Waals surface area contributed by atoms with Gasteiger partial charge in [-0.05, 0) is 24.0 Å². The maximum Gasteiger partial charge on any atom is 0.105 e. The van der Waals surface area contributed by atoms with Crippen LogP contribution in [-0.4, -0.2) is 11.7 Å². The molecule has 4 nitrogen and oxygen atoms in total. The van der Waals surface area contributed by atoms with Crippen LogP contribution in [0.2, 0.25) is 0 Å². The summed E-state index contributed by atoms with van der Waals surface area (Å²) < 4.78 is 0. The molecular formula is C17H20N4. The molecule has 0 spiro atoms. The molecule has 0 aromatic heterocycles. The van der Waals surface area contributed by atoms with Crippen LogP contribution in [0.1, 0.15) is 11.1 Å². The lowest BCUT2D eigenvalue weighted by molar-refractivity contribution is 0.549. The van der Waals surface area contributed by atoms with Crippen LogP contribution in [0.3, 0.4) is 0 Å². The van der Waals surface area contributed by atoms with Crippen LogP contribution in [0.15, 0.2) is 60.7 Å². The molecule has 0 fully saturated rings. The van der Waals surface area contributed by atoms with Crippen molar-refractivity contribution in [2.45, 2.75) is 12.8 Å². The molecule has 0 amide bonds. The highest BCUT2D eigenvalue weighted by Gasteiger charge is 2.37. The molecule has 0 atom stereocenters. The summed E-state index contributed by atoms with van der Waals surface area (Å²) in [6.07, 6.45) is 0.904. The minimum atomic E-state index is -0.970. The van der Waals surface area contributed by atoms with E-state index in [1.54, 1.807) is 0 Å². The summed E-state index contributed by atoms with van der Waals surface area (Å²) in [5, 5.41) is 16.0. The van der Waals surface area contributed by atoms with Gasteiger partial charge >= 0.3 is 0 Å². The summed E-state index contributed by atoms with van der Waals surface area (Å²) in [4.78, 5) is 0. The molecule has 2 aromatic carbocycles. The first-order valence-electron chi connectivity index (χ1n) is 6.81. The molecular weight excluding hydrogens is 260 g/mol. The SMILES string of the molecule is N=C(N)C(Cc1ccccc1)(Cc1ccccc1)C(=N)N. The van der Waals surface area contributed by atoms with Crippen LogP contribution < -0.4 is 11.5 Å². The van der Waals surface area contributed by atoms with E-state index in [1.807, 2.05) is 60.7 Å². The smallest absolute Gasteiger partial charge is 0.105 e. The van der Waals surface area contributed by atoms with Crippen LogP contribution in [-0.2, 0) is 12.8 Å². The molecule has 0 saturated carbocycles. The lowest BCUT2D eigenvalue weighted by Crippen LogP contribution is -2.50. The summed E-state index contributed by atoms with van der Waals surface area (Å²) in [6.45, 7) is 0. The predicted octanol–water partition coefficient (Wildman–Crippen LogP) is 2.33. The predicted molar refractivity (Wildman–Crippen MR) is 86.6 cm³/mol. The molecule has 0 saturated heterocycles. The van der Waals surface area contributed by atoms with Crippen molar-refractivity contribution in [3.8, 4) is 0 Å². The van der Waals surface area contributed by atoms with E-state index in [0.29, 0.717) is 12.8 Å². The highest BCUT2D eigenvalue weighted by atomic mass is 14.8. The Bertz CT molecular complexity index is 562. The molecule has 21 heavy (non-hydrogen) atoms. The van der Waals surface area contributed by atoms with E-state index in [9.17, 15) is 0 Å². The molecule has 0 aliphatic carbocycles. The first-order valence-corrected chi connectivity index (χ1v) is 6.81. The first kappa shape index (κ1) is 14.8. The van der Waals surface area contributed by atoms with Gasteiger partial charge < -0.3 is 11.5 Å². The van der Waals surface area contributed by atoms with Gasteiger partial charge in [0, 0.05) is 0 Å². The van der Waals surface area contributed by atoms with Gasteiger partial charge in [-0.3, -0.25) is 10.8 Å². The fraction of sp³-hybridized carbons (Fsp3) is 0.176. The zero-order valence-electron chi connectivity index (χ0n) is 11.8. The molecule has 0 bridgehead atoms. The number of amidine groups is 2. The molecule has 2 rings (SSSR count). The van der Waals surface area contributed by atoms with Gasteiger partial charge in [0.05, 0.1) is 5.41 Å². The lowest BCUT2D eigenvalue weighted by Gasteiger charge is -2.32. The highest BCUT2D eigenvalue weighted by molar-refractivity contribution is 6.06. The van der Waals surface area contributed by atoms with Gasteiger partial charge in [-0.1, -0.05) is 60.7 Å². The molecule has 0 aliphatic rings. The molecule has 4 heteroatoms. The molecule has 108 valence electrons. The molecule has 0 heterocycles. The minimum Gasteiger partial charge on any atom is -0.387 e. The average Bonchev–Trinajstić information content (AvgIpc) is 2.48. The third-order valence-electron chi connectivity index (χ3n) is 3.73. The van der Waals surface area contributed by atoms with Crippen molar-refractivity contribution in [3.05, 3.63) is 71.8 Å². The summed E-state index contributed by atoms with van der Waals surface area (Å²) in [6, 6.07) is 19.5. The zero-order chi connectivity index (χ0) is 15.3. The van der Waals surface area contributed by atoms with Crippen molar-refractivity contribution in [2.75, 3.05) is 0 Å². The Morgan fingerprint density at radius 2 is 1.05 bits per heavy atom. The summed E-state index contributed by atoms with van der Waals surface area (Å²) in [5.74, 6) is -0.134. The topological polar surface area (TPSA) is 99.7 Å². The zero-order valence-corrected chi connectivity index (χ0v) is 11.8. The van der Waals surface area contributed by atoms with Gasteiger partial charge in [0.15, 0.2) is 0 Å². The van der Waals surface area contributed by atoms with Crippen molar-refractivity contribution >= 4 is 11.7 Å². The van der Waals surface area contributed by atoms with Gasteiger partial charge in [-0.25, -0.2) is 0 Å². The van der Waals surface area contributed by atoms with Crippen molar-refractivity contribution in [1.82, 2.24) is 0 Å². The maximum absolute atomic E-state index is 7.99. The molecule has 0 unspecified atom stereocenters. The number of benzene rings is 2. The van der Waals surface area contributed by atoms with E-state index in [4.69, 9.17) is 22.3 Å². The number of nitrogens with one attached hydrogen (secondary N) is 2. The van der Waals surface area contributed by atoms with Crippen LogP contribution in [0.5, 0.6) is 0 Å². The van der Waals surface area contributed by atoms with Crippen LogP contribution in [0.25, 0.3) is 0 Å². The van der Waals surface area contributed by atoms with Crippen molar-refractivity contribution < 1.29 is 0 Å². The third-order valence-corrected chi connectivity index (χ3v) is 3.73. The molecule has 0 radical (unpaired) electrons. The van der Waals surface area contributed by atoms with Crippen LogP contribution >= 0.6 is 0 Å². The number of hydrogen-bond acceptors (Lipinski definition) is 2. The largest absolute Gasteiger partial charge is 0.387 e.